The third kappa shape index (κ3) is 4.83. The number of aliphatic hydroxyl groups excluding tert-OH is 2. The molecule has 188 valence electrons. The van der Waals surface area contributed by atoms with Crippen molar-refractivity contribution in [1.82, 2.24) is 0 Å². The van der Waals surface area contributed by atoms with Gasteiger partial charge < -0.3 is 19.7 Å². The van der Waals surface area contributed by atoms with Crippen LogP contribution in [-0.2, 0) is 27.4 Å². The van der Waals surface area contributed by atoms with Crippen molar-refractivity contribution >= 4 is 16.6 Å². The normalized spacial score (nSPS) is 16.5. The van der Waals surface area contributed by atoms with Gasteiger partial charge >= 0.3 is 0 Å². The second-order valence-electron chi connectivity index (χ2n) is 10.1. The summed E-state index contributed by atoms with van der Waals surface area (Å²) >= 11 is 0. The predicted molar refractivity (Wildman–Crippen MR) is 138 cm³/mol. The Labute approximate surface area is 213 Å². The lowest BCUT2D eigenvalue weighted by atomic mass is 9.87. The van der Waals surface area contributed by atoms with Crippen molar-refractivity contribution in [2.75, 3.05) is 25.8 Å². The molecule has 1 atom stereocenters. The van der Waals surface area contributed by atoms with Gasteiger partial charge in [0.15, 0.2) is 11.5 Å². The highest BCUT2D eigenvalue weighted by Gasteiger charge is 2.50. The standard InChI is InChI=1S/C29H30O6S/c1-28(16-30,17-31)18-36(33)24-8-5-21(6-9-24)22-4-2-3-20(13-22)14-27(32)29(11-12-29)23-7-10-25-26(15-23)35-19-34-25/h2-10,13,15,30-31H,11-12,14,16-19H2,1H3. The summed E-state index contributed by atoms with van der Waals surface area (Å²) < 4.78 is 23.6. The van der Waals surface area contributed by atoms with E-state index < -0.39 is 21.6 Å². The summed E-state index contributed by atoms with van der Waals surface area (Å²) in [5, 5.41) is 19.0. The lowest BCUT2D eigenvalue weighted by Crippen LogP contribution is -2.32. The number of rotatable bonds is 10. The van der Waals surface area contributed by atoms with E-state index >= 15 is 0 Å². The number of aliphatic hydroxyl groups is 2. The van der Waals surface area contributed by atoms with Crippen molar-refractivity contribution in [3.8, 4) is 22.6 Å². The molecule has 0 spiro atoms. The molecule has 5 rings (SSSR count). The predicted octanol–water partition coefficient (Wildman–Crippen LogP) is 4.02. The molecule has 7 heteroatoms. The van der Waals surface area contributed by atoms with Crippen molar-refractivity contribution in [2.24, 2.45) is 5.41 Å². The van der Waals surface area contributed by atoms with Crippen molar-refractivity contribution in [2.45, 2.75) is 36.5 Å². The molecule has 6 nitrogen and oxygen atoms in total. The van der Waals surface area contributed by atoms with Crippen LogP contribution in [0, 0.1) is 5.41 Å². The van der Waals surface area contributed by atoms with Gasteiger partial charge in [-0.05, 0) is 59.4 Å². The lowest BCUT2D eigenvalue weighted by Gasteiger charge is -2.23. The van der Waals surface area contributed by atoms with Gasteiger partial charge in [0, 0.05) is 22.5 Å². The van der Waals surface area contributed by atoms with Crippen LogP contribution < -0.4 is 9.47 Å². The second kappa shape index (κ2) is 9.81. The first kappa shape index (κ1) is 24.7. The van der Waals surface area contributed by atoms with Crippen LogP contribution in [0.25, 0.3) is 11.1 Å². The van der Waals surface area contributed by atoms with Crippen LogP contribution in [-0.4, -0.2) is 46.0 Å². The highest BCUT2D eigenvalue weighted by atomic mass is 32.2. The Balaban J connectivity index is 1.29. The third-order valence-electron chi connectivity index (χ3n) is 7.19. The molecule has 1 aliphatic carbocycles. The zero-order chi connectivity index (χ0) is 25.3. The van der Waals surface area contributed by atoms with E-state index in [1.54, 1.807) is 6.92 Å². The topological polar surface area (TPSA) is 93.1 Å². The average Bonchev–Trinajstić information content (AvgIpc) is 3.59. The van der Waals surface area contributed by atoms with Crippen LogP contribution in [0.3, 0.4) is 0 Å². The fraction of sp³-hybridized carbons (Fsp3) is 0.345. The first-order chi connectivity index (χ1) is 17.4. The first-order valence-corrected chi connectivity index (χ1v) is 13.4. The molecule has 0 radical (unpaired) electrons. The Morgan fingerprint density at radius 3 is 2.36 bits per heavy atom. The number of hydrogen-bond acceptors (Lipinski definition) is 6. The molecular formula is C29H30O6S. The lowest BCUT2D eigenvalue weighted by molar-refractivity contribution is -0.120. The van der Waals surface area contributed by atoms with E-state index in [-0.39, 0.29) is 31.5 Å². The highest BCUT2D eigenvalue weighted by Crippen LogP contribution is 2.51. The zero-order valence-corrected chi connectivity index (χ0v) is 21.1. The van der Waals surface area contributed by atoms with Gasteiger partial charge in [-0.25, -0.2) is 0 Å². The fourth-order valence-electron chi connectivity index (χ4n) is 4.60. The van der Waals surface area contributed by atoms with E-state index in [9.17, 15) is 19.2 Å². The number of benzene rings is 3. The van der Waals surface area contributed by atoms with E-state index in [2.05, 4.69) is 0 Å². The molecule has 1 aliphatic heterocycles. The van der Waals surface area contributed by atoms with Gasteiger partial charge in [-0.3, -0.25) is 9.00 Å². The number of ketones is 1. The summed E-state index contributed by atoms with van der Waals surface area (Å²) in [6, 6.07) is 21.2. The van der Waals surface area contributed by atoms with E-state index in [1.807, 2.05) is 66.7 Å². The summed E-state index contributed by atoms with van der Waals surface area (Å²) in [5.74, 6) is 1.82. The molecule has 3 aromatic carbocycles. The molecule has 2 N–H and O–H groups in total. The van der Waals surface area contributed by atoms with Crippen molar-refractivity contribution in [1.29, 1.82) is 0 Å². The molecule has 2 aliphatic rings. The number of hydrogen-bond donors (Lipinski definition) is 2. The maximum absolute atomic E-state index is 13.4. The first-order valence-electron chi connectivity index (χ1n) is 12.1. The quantitative estimate of drug-likeness (QED) is 0.431. The molecule has 1 heterocycles. The van der Waals surface area contributed by atoms with Gasteiger partial charge in [0.25, 0.3) is 0 Å². The van der Waals surface area contributed by atoms with Gasteiger partial charge in [-0.2, -0.15) is 0 Å². The molecule has 0 aromatic heterocycles. The largest absolute Gasteiger partial charge is 0.454 e. The SMILES string of the molecule is CC(CO)(CO)CS(=O)c1ccc(-c2cccc(CC(=O)C3(c4ccc5c(c4)OCO5)CC3)c2)cc1. The molecular weight excluding hydrogens is 476 g/mol. The minimum Gasteiger partial charge on any atom is -0.454 e. The van der Waals surface area contributed by atoms with E-state index in [1.165, 1.54) is 0 Å². The molecule has 3 aromatic rings. The van der Waals surface area contributed by atoms with Crippen LogP contribution in [0.5, 0.6) is 11.5 Å². The Kier molecular flexibility index (Phi) is 6.72. The van der Waals surface area contributed by atoms with Crippen LogP contribution in [0.2, 0.25) is 0 Å². The number of Topliss-reactive ketones (excluding diaryl/α,β-unsaturated/α-hetero) is 1. The average molecular weight is 507 g/mol. The number of fused-ring (bicyclic) bond motifs is 1. The molecule has 1 unspecified atom stereocenters. The Bertz CT molecular complexity index is 1290. The second-order valence-corrected chi connectivity index (χ2v) is 11.5. The van der Waals surface area contributed by atoms with E-state index in [0.29, 0.717) is 17.1 Å². The van der Waals surface area contributed by atoms with Gasteiger partial charge in [0.2, 0.25) is 6.79 Å². The summed E-state index contributed by atoms with van der Waals surface area (Å²) in [6.07, 6.45) is 2.04. The maximum Gasteiger partial charge on any atom is 0.231 e. The minimum atomic E-state index is -1.33. The van der Waals surface area contributed by atoms with E-state index in [4.69, 9.17) is 9.47 Å². The molecule has 36 heavy (non-hydrogen) atoms. The summed E-state index contributed by atoms with van der Waals surface area (Å²) in [4.78, 5) is 14.0. The van der Waals surface area contributed by atoms with Crippen LogP contribution in [0.4, 0.5) is 0 Å². The van der Waals surface area contributed by atoms with Gasteiger partial charge in [-0.15, -0.1) is 0 Å². The minimum absolute atomic E-state index is 0.183. The van der Waals surface area contributed by atoms with Crippen LogP contribution >= 0.6 is 0 Å². The fourth-order valence-corrected chi connectivity index (χ4v) is 6.03. The maximum atomic E-state index is 13.4. The van der Waals surface area contributed by atoms with Crippen LogP contribution in [0.15, 0.2) is 71.6 Å². The van der Waals surface area contributed by atoms with Gasteiger partial charge in [-0.1, -0.05) is 49.4 Å². The monoisotopic (exact) mass is 506 g/mol. The van der Waals surface area contributed by atoms with Gasteiger partial charge in [0.1, 0.15) is 5.78 Å². The summed E-state index contributed by atoms with van der Waals surface area (Å²) in [7, 11) is -1.33. The molecule has 0 amide bonds. The van der Waals surface area contributed by atoms with E-state index in [0.717, 1.165) is 40.8 Å². The number of carbonyl (C=O) groups excluding carboxylic acids is 1. The Morgan fingerprint density at radius 1 is 0.944 bits per heavy atom. The molecule has 1 fully saturated rings. The molecule has 0 bridgehead atoms. The number of carbonyl (C=O) groups is 1. The molecule has 1 saturated carbocycles. The third-order valence-corrected chi connectivity index (χ3v) is 8.95. The Hall–Kier alpha value is -3.00. The van der Waals surface area contributed by atoms with Crippen molar-refractivity contribution in [3.05, 3.63) is 77.9 Å². The highest BCUT2D eigenvalue weighted by molar-refractivity contribution is 7.85. The summed E-state index contributed by atoms with van der Waals surface area (Å²) in [5.41, 5.74) is 2.67. The smallest absolute Gasteiger partial charge is 0.231 e. The van der Waals surface area contributed by atoms with Crippen LogP contribution in [0.1, 0.15) is 30.9 Å². The van der Waals surface area contributed by atoms with Crippen molar-refractivity contribution < 1.29 is 28.7 Å². The number of ether oxygens (including phenoxy) is 2. The molecule has 0 saturated heterocycles. The zero-order valence-electron chi connectivity index (χ0n) is 20.2. The van der Waals surface area contributed by atoms with Gasteiger partial charge in [0.05, 0.1) is 29.4 Å². The van der Waals surface area contributed by atoms with Crippen molar-refractivity contribution in [3.63, 3.8) is 0 Å². The summed E-state index contributed by atoms with van der Waals surface area (Å²) in [6.45, 7) is 1.47. The Morgan fingerprint density at radius 2 is 1.67 bits per heavy atom.